The molecule has 142 valence electrons. The van der Waals surface area contributed by atoms with E-state index in [1.54, 1.807) is 7.11 Å². The van der Waals surface area contributed by atoms with Crippen LogP contribution in [0.5, 0.6) is 5.75 Å². The lowest BCUT2D eigenvalue weighted by molar-refractivity contribution is 0.0923. The zero-order chi connectivity index (χ0) is 19.1. The molecule has 0 bridgehead atoms. The van der Waals surface area contributed by atoms with Crippen molar-refractivity contribution in [2.45, 2.75) is 31.8 Å². The van der Waals surface area contributed by atoms with E-state index >= 15 is 0 Å². The van der Waals surface area contributed by atoms with Crippen molar-refractivity contribution >= 4 is 16.3 Å². The molecular weight excluding hydrogens is 348 g/mol. The van der Waals surface area contributed by atoms with Crippen molar-refractivity contribution in [3.05, 3.63) is 77.6 Å². The van der Waals surface area contributed by atoms with Gasteiger partial charge in [-0.2, -0.15) is 5.10 Å². The number of nitrogens with zero attached hydrogens (tertiary/aromatic N) is 2. The van der Waals surface area contributed by atoms with Crippen LogP contribution in [0.3, 0.4) is 0 Å². The Morgan fingerprint density at radius 3 is 2.61 bits per heavy atom. The number of rotatable bonds is 6. The largest absolute Gasteiger partial charge is 0.497 e. The predicted octanol–water partition coefficient (Wildman–Crippen LogP) is 5.50. The van der Waals surface area contributed by atoms with Crippen LogP contribution < -0.4 is 4.74 Å². The molecule has 1 aliphatic rings. The van der Waals surface area contributed by atoms with Crippen LogP contribution in [0.4, 0.5) is 0 Å². The van der Waals surface area contributed by atoms with Crippen molar-refractivity contribution in [1.82, 2.24) is 9.61 Å². The Hall–Kier alpha value is -2.85. The fourth-order valence-corrected chi connectivity index (χ4v) is 4.06. The average molecular weight is 372 g/mol. The number of benzene rings is 2. The highest BCUT2D eigenvalue weighted by Gasteiger charge is 2.29. The molecule has 2 aromatic heterocycles. The molecule has 0 radical (unpaired) electrons. The van der Waals surface area contributed by atoms with Gasteiger partial charge < -0.3 is 9.47 Å². The van der Waals surface area contributed by atoms with Gasteiger partial charge in [-0.3, -0.25) is 0 Å². The molecule has 28 heavy (non-hydrogen) atoms. The molecule has 5 rings (SSSR count). The third-order valence-electron chi connectivity index (χ3n) is 5.59. The minimum Gasteiger partial charge on any atom is -0.497 e. The van der Waals surface area contributed by atoms with E-state index < -0.39 is 0 Å². The normalized spacial score (nSPS) is 15.2. The molecule has 4 heteroatoms. The first-order valence-corrected chi connectivity index (χ1v) is 9.95. The summed E-state index contributed by atoms with van der Waals surface area (Å²) in [6.07, 6.45) is 4.32. The predicted molar refractivity (Wildman–Crippen MR) is 111 cm³/mol. The smallest absolute Gasteiger partial charge is 0.118 e. The molecule has 1 aliphatic carbocycles. The van der Waals surface area contributed by atoms with Crippen molar-refractivity contribution in [3.8, 4) is 5.75 Å². The Balaban J connectivity index is 1.74. The van der Waals surface area contributed by atoms with Gasteiger partial charge in [-0.05, 0) is 48.9 Å². The second-order valence-corrected chi connectivity index (χ2v) is 7.40. The van der Waals surface area contributed by atoms with Crippen molar-refractivity contribution in [2.24, 2.45) is 0 Å². The number of ether oxygens (including phenoxy) is 2. The van der Waals surface area contributed by atoms with Crippen LogP contribution in [0.2, 0.25) is 0 Å². The molecule has 4 aromatic rings. The summed E-state index contributed by atoms with van der Waals surface area (Å²) in [5.74, 6) is 1.46. The molecule has 0 saturated heterocycles. The fourth-order valence-electron chi connectivity index (χ4n) is 4.06. The molecule has 1 fully saturated rings. The Morgan fingerprint density at radius 2 is 1.89 bits per heavy atom. The van der Waals surface area contributed by atoms with Gasteiger partial charge in [-0.25, -0.2) is 4.52 Å². The summed E-state index contributed by atoms with van der Waals surface area (Å²) in [4.78, 5) is 0. The maximum Gasteiger partial charge on any atom is 0.118 e. The lowest BCUT2D eigenvalue weighted by Crippen LogP contribution is -2.07. The topological polar surface area (TPSA) is 35.8 Å². The van der Waals surface area contributed by atoms with Crippen molar-refractivity contribution < 1.29 is 9.47 Å². The van der Waals surface area contributed by atoms with E-state index in [-0.39, 0.29) is 6.10 Å². The molecule has 0 N–H and O–H groups in total. The quantitative estimate of drug-likeness (QED) is 0.448. The zero-order valence-electron chi connectivity index (χ0n) is 16.3. The Morgan fingerprint density at radius 1 is 1.11 bits per heavy atom. The van der Waals surface area contributed by atoms with E-state index in [0.717, 1.165) is 22.4 Å². The van der Waals surface area contributed by atoms with Gasteiger partial charge in [0, 0.05) is 29.2 Å². The summed E-state index contributed by atoms with van der Waals surface area (Å²) in [6, 6.07) is 19.0. The van der Waals surface area contributed by atoms with Crippen LogP contribution in [-0.4, -0.2) is 23.3 Å². The third kappa shape index (κ3) is 2.85. The van der Waals surface area contributed by atoms with Gasteiger partial charge in [0.15, 0.2) is 0 Å². The number of hydrogen-bond acceptors (Lipinski definition) is 3. The van der Waals surface area contributed by atoms with E-state index in [4.69, 9.17) is 14.6 Å². The van der Waals surface area contributed by atoms with Crippen molar-refractivity contribution in [2.75, 3.05) is 13.7 Å². The van der Waals surface area contributed by atoms with Crippen LogP contribution in [0.15, 0.2) is 60.8 Å². The van der Waals surface area contributed by atoms with Gasteiger partial charge in [0.2, 0.25) is 0 Å². The van der Waals surface area contributed by atoms with Crippen LogP contribution in [0, 0.1) is 0 Å². The number of aromatic nitrogens is 2. The summed E-state index contributed by atoms with van der Waals surface area (Å²) in [5, 5.41) is 7.29. The molecule has 0 aliphatic heterocycles. The summed E-state index contributed by atoms with van der Waals surface area (Å²) < 4.78 is 13.7. The molecule has 2 heterocycles. The molecule has 0 amide bonds. The standard InChI is InChI=1S/C24H24N2O2/c1-3-28-24(17-10-12-19(27-2)13-11-17)21-15-25-26-22(16-8-9-16)14-18-6-4-5-7-20(18)23(21)26/h4-7,10-16,24H,3,8-9H2,1-2H3. The number of fused-ring (bicyclic) bond motifs is 3. The minimum absolute atomic E-state index is 0.161. The lowest BCUT2D eigenvalue weighted by atomic mass is 9.99. The molecule has 1 atom stereocenters. The molecule has 4 nitrogen and oxygen atoms in total. The second kappa shape index (κ2) is 6.95. The van der Waals surface area contributed by atoms with Gasteiger partial charge in [-0.15, -0.1) is 0 Å². The highest BCUT2D eigenvalue weighted by molar-refractivity contribution is 5.98. The van der Waals surface area contributed by atoms with Crippen LogP contribution in [0.25, 0.3) is 16.3 Å². The van der Waals surface area contributed by atoms with E-state index in [0.29, 0.717) is 12.5 Å². The third-order valence-corrected chi connectivity index (χ3v) is 5.59. The molecule has 1 unspecified atom stereocenters. The zero-order valence-corrected chi connectivity index (χ0v) is 16.3. The molecule has 2 aromatic carbocycles. The summed E-state index contributed by atoms with van der Waals surface area (Å²) in [7, 11) is 1.69. The van der Waals surface area contributed by atoms with Crippen molar-refractivity contribution in [1.29, 1.82) is 0 Å². The minimum atomic E-state index is -0.161. The van der Waals surface area contributed by atoms with Gasteiger partial charge in [0.25, 0.3) is 0 Å². The Bertz CT molecular complexity index is 1130. The highest BCUT2D eigenvalue weighted by Crippen LogP contribution is 2.43. The molecule has 1 saturated carbocycles. The number of methoxy groups -OCH3 is 1. The SMILES string of the molecule is CCOC(c1ccc(OC)cc1)c1cnn2c(C3CC3)cc3ccccc3c12. The Kier molecular flexibility index (Phi) is 4.29. The number of hydrogen-bond donors (Lipinski definition) is 0. The highest BCUT2D eigenvalue weighted by atomic mass is 16.5. The van der Waals surface area contributed by atoms with Crippen LogP contribution in [-0.2, 0) is 4.74 Å². The summed E-state index contributed by atoms with van der Waals surface area (Å²) >= 11 is 0. The monoisotopic (exact) mass is 372 g/mol. The van der Waals surface area contributed by atoms with Gasteiger partial charge in [0.1, 0.15) is 11.9 Å². The summed E-state index contributed by atoms with van der Waals surface area (Å²) in [6.45, 7) is 2.67. The molecule has 0 spiro atoms. The maximum atomic E-state index is 6.22. The van der Waals surface area contributed by atoms with Gasteiger partial charge in [0.05, 0.1) is 18.8 Å². The first-order valence-electron chi connectivity index (χ1n) is 9.95. The van der Waals surface area contributed by atoms with E-state index in [2.05, 4.69) is 47.0 Å². The number of pyridine rings is 1. The first-order chi connectivity index (χ1) is 13.8. The van der Waals surface area contributed by atoms with Crippen LogP contribution >= 0.6 is 0 Å². The second-order valence-electron chi connectivity index (χ2n) is 7.40. The fraction of sp³-hybridized carbons (Fsp3) is 0.292. The van der Waals surface area contributed by atoms with Gasteiger partial charge >= 0.3 is 0 Å². The van der Waals surface area contributed by atoms with Crippen molar-refractivity contribution in [3.63, 3.8) is 0 Å². The van der Waals surface area contributed by atoms with Crippen LogP contribution in [0.1, 0.15) is 48.6 Å². The molecular formula is C24H24N2O2. The Labute approximate surface area is 164 Å². The lowest BCUT2D eigenvalue weighted by Gasteiger charge is -2.18. The first kappa shape index (κ1) is 17.3. The maximum absolute atomic E-state index is 6.22. The van der Waals surface area contributed by atoms with E-state index in [1.807, 2.05) is 25.3 Å². The average Bonchev–Trinajstić information content (AvgIpc) is 3.50. The van der Waals surface area contributed by atoms with E-state index in [1.165, 1.54) is 29.3 Å². The van der Waals surface area contributed by atoms with Gasteiger partial charge in [-0.1, -0.05) is 36.4 Å². The van der Waals surface area contributed by atoms with E-state index in [9.17, 15) is 0 Å². The summed E-state index contributed by atoms with van der Waals surface area (Å²) in [5.41, 5.74) is 4.70.